The molecule has 28 heavy (non-hydrogen) atoms. The van der Waals surface area contributed by atoms with E-state index in [1.54, 1.807) is 7.11 Å². The highest BCUT2D eigenvalue weighted by atomic mass is 16.5. The third kappa shape index (κ3) is 4.27. The summed E-state index contributed by atoms with van der Waals surface area (Å²) in [6.45, 7) is 5.96. The van der Waals surface area contributed by atoms with Gasteiger partial charge >= 0.3 is 0 Å². The number of hydrogen-bond acceptors (Lipinski definition) is 4. The summed E-state index contributed by atoms with van der Waals surface area (Å²) in [7, 11) is 1.68. The minimum Gasteiger partial charge on any atom is -0.496 e. The van der Waals surface area contributed by atoms with Crippen LogP contribution < -0.4 is 20.1 Å². The molecule has 1 heterocycles. The van der Waals surface area contributed by atoms with Crippen LogP contribution in [0.3, 0.4) is 0 Å². The third-order valence-corrected chi connectivity index (χ3v) is 4.88. The zero-order valence-corrected chi connectivity index (χ0v) is 16.7. The number of rotatable bonds is 5. The number of benzene rings is 2. The number of carbonyl (C=O) groups excluding carboxylic acids is 2. The summed E-state index contributed by atoms with van der Waals surface area (Å²) in [5.74, 6) is 1.24. The number of methoxy groups -OCH3 is 1. The third-order valence-electron chi connectivity index (χ3n) is 4.88. The topological polar surface area (TPSA) is 76.7 Å². The number of nitrogens with one attached hydrogen (secondary N) is 2. The Morgan fingerprint density at radius 2 is 1.86 bits per heavy atom. The summed E-state index contributed by atoms with van der Waals surface area (Å²) in [6.07, 6.45) is 0.683. The predicted octanol–water partition coefficient (Wildman–Crippen LogP) is 3.05. The number of aryl methyl sites for hydroxylation is 2. The van der Waals surface area contributed by atoms with Gasteiger partial charge in [0.05, 0.1) is 26.3 Å². The van der Waals surface area contributed by atoms with E-state index in [2.05, 4.69) is 28.8 Å². The molecule has 6 heteroatoms. The zero-order valence-electron chi connectivity index (χ0n) is 16.7. The minimum absolute atomic E-state index is 0.0292. The van der Waals surface area contributed by atoms with Crippen LogP contribution in [0.15, 0.2) is 30.3 Å². The first-order valence-corrected chi connectivity index (χ1v) is 9.35. The van der Waals surface area contributed by atoms with Gasteiger partial charge in [-0.25, -0.2) is 0 Å². The molecule has 1 atom stereocenters. The highest BCUT2D eigenvalue weighted by Crippen LogP contribution is 2.37. The molecule has 0 spiro atoms. The zero-order chi connectivity index (χ0) is 20.3. The Labute approximate surface area is 165 Å². The molecular formula is C22H26N2O4. The van der Waals surface area contributed by atoms with E-state index in [1.807, 2.05) is 26.0 Å². The maximum atomic E-state index is 12.2. The monoisotopic (exact) mass is 382 g/mol. The first-order valence-electron chi connectivity index (χ1n) is 9.35. The van der Waals surface area contributed by atoms with Gasteiger partial charge in [-0.15, -0.1) is 0 Å². The van der Waals surface area contributed by atoms with Crippen molar-refractivity contribution >= 4 is 11.8 Å². The molecule has 1 aliphatic rings. The highest BCUT2D eigenvalue weighted by Gasteiger charge is 2.24. The Hall–Kier alpha value is -3.02. The van der Waals surface area contributed by atoms with Gasteiger partial charge in [0.25, 0.3) is 0 Å². The molecular weight excluding hydrogens is 356 g/mol. The van der Waals surface area contributed by atoms with Crippen molar-refractivity contribution in [3.05, 3.63) is 47.0 Å². The quantitative estimate of drug-likeness (QED) is 0.833. The van der Waals surface area contributed by atoms with E-state index < -0.39 is 0 Å². The van der Waals surface area contributed by atoms with E-state index in [-0.39, 0.29) is 24.4 Å². The number of fused-ring (bicyclic) bond motifs is 1. The van der Waals surface area contributed by atoms with Crippen LogP contribution in [0.1, 0.15) is 36.1 Å². The second kappa shape index (κ2) is 8.33. The SMILES string of the molecule is COc1c(C)cc(-c2ccc3c(c2)C(NC(=O)CNC(C)=O)CCO3)cc1C. The van der Waals surface area contributed by atoms with Crippen molar-refractivity contribution in [1.29, 1.82) is 0 Å². The first kappa shape index (κ1) is 19.7. The van der Waals surface area contributed by atoms with Crippen molar-refractivity contribution in [2.45, 2.75) is 33.2 Å². The second-order valence-corrected chi connectivity index (χ2v) is 7.06. The van der Waals surface area contributed by atoms with Gasteiger partial charge in [0.1, 0.15) is 11.5 Å². The minimum atomic E-state index is -0.227. The van der Waals surface area contributed by atoms with Crippen molar-refractivity contribution in [1.82, 2.24) is 10.6 Å². The highest BCUT2D eigenvalue weighted by molar-refractivity contribution is 5.84. The molecule has 2 amide bonds. The van der Waals surface area contributed by atoms with Crippen LogP contribution in [-0.4, -0.2) is 32.1 Å². The van der Waals surface area contributed by atoms with E-state index in [0.717, 1.165) is 39.3 Å². The molecule has 1 unspecified atom stereocenters. The predicted molar refractivity (Wildman–Crippen MR) is 108 cm³/mol. The smallest absolute Gasteiger partial charge is 0.239 e. The summed E-state index contributed by atoms with van der Waals surface area (Å²) in [4.78, 5) is 23.2. The standard InChI is InChI=1S/C22H26N2O4/c1-13-9-17(10-14(2)22(13)27-4)16-5-6-20-18(11-16)19(7-8-28-20)24-21(26)12-23-15(3)25/h5-6,9-11,19H,7-8,12H2,1-4H3,(H,23,25)(H,24,26). The fourth-order valence-corrected chi connectivity index (χ4v) is 3.61. The molecule has 0 radical (unpaired) electrons. The number of carbonyl (C=O) groups is 2. The molecule has 0 aliphatic carbocycles. The van der Waals surface area contributed by atoms with Crippen LogP contribution in [0.4, 0.5) is 0 Å². The lowest BCUT2D eigenvalue weighted by Crippen LogP contribution is -2.39. The van der Waals surface area contributed by atoms with Crippen molar-refractivity contribution in [3.63, 3.8) is 0 Å². The van der Waals surface area contributed by atoms with Crippen LogP contribution in [0.5, 0.6) is 11.5 Å². The van der Waals surface area contributed by atoms with Crippen LogP contribution in [-0.2, 0) is 9.59 Å². The summed E-state index contributed by atoms with van der Waals surface area (Å²) in [5, 5.41) is 5.52. The van der Waals surface area contributed by atoms with Gasteiger partial charge < -0.3 is 20.1 Å². The average Bonchev–Trinajstić information content (AvgIpc) is 2.66. The van der Waals surface area contributed by atoms with Gasteiger partial charge in [-0.2, -0.15) is 0 Å². The lowest BCUT2D eigenvalue weighted by atomic mass is 9.94. The van der Waals surface area contributed by atoms with Crippen LogP contribution in [0.25, 0.3) is 11.1 Å². The number of hydrogen-bond donors (Lipinski definition) is 2. The van der Waals surface area contributed by atoms with Crippen LogP contribution in [0, 0.1) is 13.8 Å². The van der Waals surface area contributed by atoms with Crippen molar-refractivity contribution < 1.29 is 19.1 Å². The molecule has 2 N–H and O–H groups in total. The first-order chi connectivity index (χ1) is 13.4. The number of amides is 2. The van der Waals surface area contributed by atoms with Crippen LogP contribution in [0.2, 0.25) is 0 Å². The molecule has 2 aromatic carbocycles. The second-order valence-electron chi connectivity index (χ2n) is 7.06. The fraction of sp³-hybridized carbons (Fsp3) is 0.364. The fourth-order valence-electron chi connectivity index (χ4n) is 3.61. The van der Waals surface area contributed by atoms with E-state index >= 15 is 0 Å². The van der Waals surface area contributed by atoms with Gasteiger partial charge in [-0.3, -0.25) is 9.59 Å². The van der Waals surface area contributed by atoms with Gasteiger partial charge in [-0.05, 0) is 60.4 Å². The molecule has 1 aliphatic heterocycles. The van der Waals surface area contributed by atoms with Gasteiger partial charge in [0.2, 0.25) is 11.8 Å². The summed E-state index contributed by atoms with van der Waals surface area (Å²) >= 11 is 0. The Kier molecular flexibility index (Phi) is 5.87. The molecule has 0 saturated heterocycles. The number of ether oxygens (including phenoxy) is 2. The van der Waals surface area contributed by atoms with Crippen molar-refractivity contribution in [2.75, 3.05) is 20.3 Å². The van der Waals surface area contributed by atoms with Gasteiger partial charge in [0, 0.05) is 18.9 Å². The Morgan fingerprint density at radius 3 is 2.50 bits per heavy atom. The average molecular weight is 382 g/mol. The molecule has 0 aromatic heterocycles. The lowest BCUT2D eigenvalue weighted by molar-refractivity contribution is -0.125. The Balaban J connectivity index is 1.88. The van der Waals surface area contributed by atoms with E-state index in [1.165, 1.54) is 6.92 Å². The van der Waals surface area contributed by atoms with Crippen molar-refractivity contribution in [2.24, 2.45) is 0 Å². The normalized spacial score (nSPS) is 15.2. The van der Waals surface area contributed by atoms with Crippen molar-refractivity contribution in [3.8, 4) is 22.6 Å². The van der Waals surface area contributed by atoms with Gasteiger partial charge in [-0.1, -0.05) is 6.07 Å². The summed E-state index contributed by atoms with van der Waals surface area (Å²) < 4.78 is 11.2. The molecule has 0 bridgehead atoms. The molecule has 0 fully saturated rings. The van der Waals surface area contributed by atoms with E-state index in [4.69, 9.17) is 9.47 Å². The molecule has 2 aromatic rings. The lowest BCUT2D eigenvalue weighted by Gasteiger charge is -2.27. The molecule has 3 rings (SSSR count). The molecule has 0 saturated carbocycles. The van der Waals surface area contributed by atoms with Gasteiger partial charge in [0.15, 0.2) is 0 Å². The molecule has 148 valence electrons. The Bertz CT molecular complexity index is 884. The van der Waals surface area contributed by atoms with E-state index in [9.17, 15) is 9.59 Å². The van der Waals surface area contributed by atoms with Crippen LogP contribution >= 0.6 is 0 Å². The summed E-state index contributed by atoms with van der Waals surface area (Å²) in [6, 6.07) is 10.1. The Morgan fingerprint density at radius 1 is 1.14 bits per heavy atom. The largest absolute Gasteiger partial charge is 0.496 e. The summed E-state index contributed by atoms with van der Waals surface area (Å²) in [5.41, 5.74) is 5.25. The maximum absolute atomic E-state index is 12.2. The molecule has 6 nitrogen and oxygen atoms in total. The van der Waals surface area contributed by atoms with E-state index in [0.29, 0.717) is 13.0 Å². The maximum Gasteiger partial charge on any atom is 0.239 e.